The Morgan fingerprint density at radius 1 is 0.690 bits per heavy atom. The summed E-state index contributed by atoms with van der Waals surface area (Å²) in [5.74, 6) is 0.0529. The summed E-state index contributed by atoms with van der Waals surface area (Å²) in [6.07, 6.45) is 3.85. The maximum absolute atomic E-state index is 13.3. The maximum Gasteiger partial charge on any atom is 0.188 e. The van der Waals surface area contributed by atoms with E-state index in [9.17, 15) is 4.79 Å². The highest BCUT2D eigenvalue weighted by atomic mass is 35.5. The molecule has 1 aliphatic heterocycles. The predicted octanol–water partition coefficient (Wildman–Crippen LogP) is 6.55. The first-order valence-electron chi connectivity index (χ1n) is 9.35. The quantitative estimate of drug-likeness (QED) is 0.448. The third kappa shape index (κ3) is 4.79. The van der Waals surface area contributed by atoms with Crippen molar-refractivity contribution >= 4 is 46.8 Å². The second kappa shape index (κ2) is 8.69. The van der Waals surface area contributed by atoms with Gasteiger partial charge in [-0.05, 0) is 59.7 Å². The van der Waals surface area contributed by atoms with Crippen molar-refractivity contribution in [3.8, 4) is 0 Å². The molecular formula is C25H19Cl2NO. The molecule has 29 heavy (non-hydrogen) atoms. The van der Waals surface area contributed by atoms with Crippen LogP contribution in [0.5, 0.6) is 0 Å². The predicted molar refractivity (Wildman–Crippen MR) is 123 cm³/mol. The topological polar surface area (TPSA) is 20.3 Å². The van der Waals surface area contributed by atoms with Crippen molar-refractivity contribution in [3.05, 3.63) is 111 Å². The molecule has 0 amide bonds. The normalized spacial score (nSPS) is 17.2. The van der Waals surface area contributed by atoms with Crippen molar-refractivity contribution in [3.63, 3.8) is 0 Å². The molecule has 3 aromatic rings. The van der Waals surface area contributed by atoms with E-state index in [1.807, 2.05) is 78.9 Å². The van der Waals surface area contributed by atoms with Crippen molar-refractivity contribution in [1.82, 2.24) is 0 Å². The Bertz CT molecular complexity index is 1040. The highest BCUT2D eigenvalue weighted by Gasteiger charge is 2.26. The molecule has 0 N–H and O–H groups in total. The van der Waals surface area contributed by atoms with Gasteiger partial charge in [0, 0.05) is 40.0 Å². The summed E-state index contributed by atoms with van der Waals surface area (Å²) in [5, 5.41) is 1.30. The van der Waals surface area contributed by atoms with E-state index in [1.54, 1.807) is 0 Å². The Kier molecular flexibility index (Phi) is 5.84. The first kappa shape index (κ1) is 19.5. The van der Waals surface area contributed by atoms with Crippen LogP contribution in [0.15, 0.2) is 90.0 Å². The molecule has 0 radical (unpaired) electrons. The minimum absolute atomic E-state index is 0.0529. The lowest BCUT2D eigenvalue weighted by Gasteiger charge is -2.31. The number of hydrogen-bond donors (Lipinski definition) is 0. The summed E-state index contributed by atoms with van der Waals surface area (Å²) in [6, 6.07) is 25.2. The molecule has 1 fully saturated rings. The molecule has 0 bridgehead atoms. The molecule has 4 rings (SSSR count). The third-order valence-corrected chi connectivity index (χ3v) is 5.28. The van der Waals surface area contributed by atoms with E-state index in [-0.39, 0.29) is 5.78 Å². The van der Waals surface area contributed by atoms with Gasteiger partial charge in [-0.15, -0.1) is 0 Å². The molecule has 1 heterocycles. The molecule has 4 heteroatoms. The smallest absolute Gasteiger partial charge is 0.188 e. The number of carbonyl (C=O) groups excluding carboxylic acids is 1. The number of Topliss-reactive ketones (excluding diaryl/α,β-unsaturated/α-hetero) is 1. The van der Waals surface area contributed by atoms with Crippen LogP contribution in [-0.2, 0) is 4.79 Å². The fourth-order valence-electron chi connectivity index (χ4n) is 3.46. The number of piperidine rings is 1. The van der Waals surface area contributed by atoms with Crippen LogP contribution >= 0.6 is 23.2 Å². The van der Waals surface area contributed by atoms with Gasteiger partial charge in [0.2, 0.25) is 0 Å². The summed E-state index contributed by atoms with van der Waals surface area (Å²) >= 11 is 12.3. The number of halogens is 2. The van der Waals surface area contributed by atoms with Gasteiger partial charge in [-0.2, -0.15) is 0 Å². The van der Waals surface area contributed by atoms with E-state index >= 15 is 0 Å². The molecule has 0 saturated carbocycles. The largest absolute Gasteiger partial charge is 0.363 e. The standard InChI is InChI=1S/C25H19Cl2NO/c26-22-8-4-6-18(14-22)12-20-16-28(24-10-2-1-3-11-24)17-21(25(20)29)13-19-7-5-9-23(27)15-19/h1-15H,16-17H2/b20-12-,21-13+. The molecule has 0 atom stereocenters. The van der Waals surface area contributed by atoms with Gasteiger partial charge >= 0.3 is 0 Å². The zero-order valence-electron chi connectivity index (χ0n) is 15.7. The fraction of sp³-hybridized carbons (Fsp3) is 0.0800. The molecule has 144 valence electrons. The van der Waals surface area contributed by atoms with Crippen LogP contribution in [0.2, 0.25) is 10.0 Å². The van der Waals surface area contributed by atoms with Gasteiger partial charge in [-0.1, -0.05) is 65.7 Å². The van der Waals surface area contributed by atoms with Crippen molar-refractivity contribution in [2.45, 2.75) is 0 Å². The molecule has 1 saturated heterocycles. The van der Waals surface area contributed by atoms with Crippen LogP contribution in [0.3, 0.4) is 0 Å². The highest BCUT2D eigenvalue weighted by Crippen LogP contribution is 2.27. The zero-order chi connectivity index (χ0) is 20.2. The van der Waals surface area contributed by atoms with E-state index < -0.39 is 0 Å². The molecular weight excluding hydrogens is 401 g/mol. The molecule has 3 aromatic carbocycles. The Balaban J connectivity index is 1.75. The highest BCUT2D eigenvalue weighted by molar-refractivity contribution is 6.31. The van der Waals surface area contributed by atoms with Crippen LogP contribution in [0.4, 0.5) is 5.69 Å². The van der Waals surface area contributed by atoms with Gasteiger partial charge in [0.05, 0.1) is 0 Å². The molecule has 2 nitrogen and oxygen atoms in total. The number of benzene rings is 3. The second-order valence-electron chi connectivity index (χ2n) is 6.97. The molecule has 0 spiro atoms. The van der Waals surface area contributed by atoms with Crippen molar-refractivity contribution in [2.24, 2.45) is 0 Å². The van der Waals surface area contributed by atoms with Crippen molar-refractivity contribution in [2.75, 3.05) is 18.0 Å². The Hall–Kier alpha value is -2.81. The monoisotopic (exact) mass is 419 g/mol. The second-order valence-corrected chi connectivity index (χ2v) is 7.84. The van der Waals surface area contributed by atoms with Crippen LogP contribution in [0.25, 0.3) is 12.2 Å². The van der Waals surface area contributed by atoms with Gasteiger partial charge in [0.25, 0.3) is 0 Å². The van der Waals surface area contributed by atoms with Gasteiger partial charge in [0.15, 0.2) is 5.78 Å². The number of carbonyl (C=O) groups is 1. The van der Waals surface area contributed by atoms with E-state index in [0.29, 0.717) is 23.1 Å². The lowest BCUT2D eigenvalue weighted by Crippen LogP contribution is -2.37. The minimum Gasteiger partial charge on any atom is -0.363 e. The summed E-state index contributed by atoms with van der Waals surface area (Å²) < 4.78 is 0. The number of anilines is 1. The molecule has 0 unspecified atom stereocenters. The number of para-hydroxylation sites is 1. The lowest BCUT2D eigenvalue weighted by molar-refractivity contribution is -0.112. The van der Waals surface area contributed by atoms with Crippen LogP contribution in [0.1, 0.15) is 11.1 Å². The molecule has 0 aromatic heterocycles. The third-order valence-electron chi connectivity index (χ3n) is 4.81. The van der Waals surface area contributed by atoms with Gasteiger partial charge < -0.3 is 4.90 Å². The fourth-order valence-corrected chi connectivity index (χ4v) is 3.85. The molecule has 1 aliphatic rings. The molecule has 0 aliphatic carbocycles. The first-order valence-corrected chi connectivity index (χ1v) is 10.1. The van der Waals surface area contributed by atoms with Crippen LogP contribution in [0, 0.1) is 0 Å². The SMILES string of the molecule is O=C1/C(=C\c2cccc(Cl)c2)CN(c2ccccc2)C/C1=C\c1cccc(Cl)c1. The number of nitrogens with zero attached hydrogens (tertiary/aromatic N) is 1. The van der Waals surface area contributed by atoms with Crippen molar-refractivity contribution in [1.29, 1.82) is 0 Å². The van der Waals surface area contributed by atoms with Crippen LogP contribution in [-0.4, -0.2) is 18.9 Å². The van der Waals surface area contributed by atoms with E-state index in [1.165, 1.54) is 0 Å². The van der Waals surface area contributed by atoms with Gasteiger partial charge in [-0.3, -0.25) is 4.79 Å². The van der Waals surface area contributed by atoms with Gasteiger partial charge in [0.1, 0.15) is 0 Å². The average molecular weight is 420 g/mol. The number of hydrogen-bond acceptors (Lipinski definition) is 2. The maximum atomic E-state index is 13.3. The average Bonchev–Trinajstić information content (AvgIpc) is 2.71. The minimum atomic E-state index is 0.0529. The van der Waals surface area contributed by atoms with Gasteiger partial charge in [-0.25, -0.2) is 0 Å². The van der Waals surface area contributed by atoms with E-state index in [0.717, 1.165) is 28.0 Å². The first-order chi connectivity index (χ1) is 14.1. The van der Waals surface area contributed by atoms with Crippen LogP contribution < -0.4 is 4.90 Å². The number of ketones is 1. The van der Waals surface area contributed by atoms with E-state index in [4.69, 9.17) is 23.2 Å². The Morgan fingerprint density at radius 3 is 1.69 bits per heavy atom. The van der Waals surface area contributed by atoms with Crippen molar-refractivity contribution < 1.29 is 4.79 Å². The summed E-state index contributed by atoms with van der Waals surface area (Å²) in [5.41, 5.74) is 4.37. The summed E-state index contributed by atoms with van der Waals surface area (Å²) in [4.78, 5) is 15.5. The Labute approximate surface area is 180 Å². The van der Waals surface area contributed by atoms with E-state index in [2.05, 4.69) is 17.0 Å². The number of rotatable bonds is 3. The zero-order valence-corrected chi connectivity index (χ0v) is 17.2. The Morgan fingerprint density at radius 2 is 1.21 bits per heavy atom. The summed E-state index contributed by atoms with van der Waals surface area (Å²) in [7, 11) is 0. The lowest BCUT2D eigenvalue weighted by atomic mass is 9.94. The summed E-state index contributed by atoms with van der Waals surface area (Å²) in [6.45, 7) is 1.09.